The van der Waals surface area contributed by atoms with E-state index in [4.69, 9.17) is 18.6 Å². The molecule has 0 bridgehead atoms. The van der Waals surface area contributed by atoms with Crippen LogP contribution in [0.5, 0.6) is 0 Å². The van der Waals surface area contributed by atoms with Crippen molar-refractivity contribution in [2.24, 2.45) is 28.1 Å². The minimum Gasteiger partial charge on any atom is -0.472 e. The van der Waals surface area contributed by atoms with Gasteiger partial charge in [-0.1, -0.05) is 19.4 Å². The molecule has 6 rings (SSSR count). The quantitative estimate of drug-likeness (QED) is 0.490. The van der Waals surface area contributed by atoms with Gasteiger partial charge in [0.15, 0.2) is 0 Å². The fourth-order valence-corrected chi connectivity index (χ4v) is 8.82. The van der Waals surface area contributed by atoms with Crippen LogP contribution in [0.15, 0.2) is 34.2 Å². The highest BCUT2D eigenvalue weighted by molar-refractivity contribution is 5.92. The zero-order valence-electron chi connectivity index (χ0n) is 20.4. The molecule has 0 amide bonds. The third-order valence-electron chi connectivity index (χ3n) is 10.3. The maximum atomic E-state index is 13.8. The van der Waals surface area contributed by atoms with Crippen molar-refractivity contribution in [2.75, 3.05) is 7.11 Å². The lowest BCUT2D eigenvalue weighted by Crippen LogP contribution is -2.67. The van der Waals surface area contributed by atoms with Crippen LogP contribution < -0.4 is 0 Å². The molecule has 3 aliphatic carbocycles. The van der Waals surface area contributed by atoms with Gasteiger partial charge >= 0.3 is 11.9 Å². The molecule has 0 radical (unpaired) electrons. The van der Waals surface area contributed by atoms with Gasteiger partial charge in [0.2, 0.25) is 0 Å². The zero-order chi connectivity index (χ0) is 24.2. The number of hydrogen-bond acceptors (Lipinski definition) is 7. The van der Waals surface area contributed by atoms with Gasteiger partial charge in [0.1, 0.15) is 18.0 Å². The summed E-state index contributed by atoms with van der Waals surface area (Å²) in [5.41, 5.74) is 1.15. The van der Waals surface area contributed by atoms with E-state index < -0.39 is 28.5 Å². The summed E-state index contributed by atoms with van der Waals surface area (Å²) in [7, 11) is 1.38. The van der Waals surface area contributed by atoms with Crippen LogP contribution in [0.3, 0.4) is 0 Å². The van der Waals surface area contributed by atoms with Crippen LogP contribution in [0.1, 0.15) is 64.9 Å². The largest absolute Gasteiger partial charge is 0.472 e. The Labute approximate surface area is 199 Å². The Balaban J connectivity index is 1.56. The molecule has 0 aromatic carbocycles. The molecule has 1 aromatic rings. The highest BCUT2D eigenvalue weighted by Crippen LogP contribution is 2.72. The maximum Gasteiger partial charge on any atom is 0.312 e. The Morgan fingerprint density at radius 3 is 2.65 bits per heavy atom. The molecule has 4 fully saturated rings. The Kier molecular flexibility index (Phi) is 4.44. The van der Waals surface area contributed by atoms with Crippen molar-refractivity contribution >= 4 is 17.7 Å². The standard InChI is InChI=1S/C27H32O7/c1-13-15(14-7-9-32-12-14)10-16-20(13)27(4)17(11-19(29)31-5)26(3)18(28)6-8-25(2)22(26)21(23(27)33-16)34-24(25)30/h7,9,12,15-17,21-23H,6,8,10-11H2,1-5H3/t15?,16?,17-,21-,22+,23-,25-,26+,27-/m1/s1. The third kappa shape index (κ3) is 2.39. The van der Waals surface area contributed by atoms with Crippen molar-refractivity contribution in [1.82, 2.24) is 0 Å². The molecular formula is C27H32O7. The van der Waals surface area contributed by atoms with E-state index in [1.54, 1.807) is 12.5 Å². The first kappa shape index (κ1) is 22.1. The molecule has 2 aliphatic heterocycles. The van der Waals surface area contributed by atoms with Gasteiger partial charge in [0.25, 0.3) is 0 Å². The van der Waals surface area contributed by atoms with E-state index >= 15 is 0 Å². The van der Waals surface area contributed by atoms with Gasteiger partial charge < -0.3 is 18.6 Å². The Morgan fingerprint density at radius 2 is 1.97 bits per heavy atom. The SMILES string of the molecule is COC(=O)C[C@H]1[C@]2(C)C3=C(C)C(c4ccoc4)CC3O[C@@H]2[C@@H]2OC(=O)[C@]3(C)CCC(=O)[C@@]1(C)[C@@H]23. The average molecular weight is 469 g/mol. The number of methoxy groups -OCH3 is 1. The molecule has 5 aliphatic rings. The lowest BCUT2D eigenvalue weighted by atomic mass is 9.40. The molecule has 7 nitrogen and oxygen atoms in total. The lowest BCUT2D eigenvalue weighted by molar-refractivity contribution is -0.197. The normalized spacial score (nSPS) is 46.7. The summed E-state index contributed by atoms with van der Waals surface area (Å²) in [5, 5.41) is 0. The van der Waals surface area contributed by atoms with E-state index in [-0.39, 0.29) is 48.0 Å². The maximum absolute atomic E-state index is 13.8. The molecular weight excluding hydrogens is 436 g/mol. The van der Waals surface area contributed by atoms with Crippen molar-refractivity contribution in [3.8, 4) is 0 Å². The van der Waals surface area contributed by atoms with Gasteiger partial charge in [0.05, 0.1) is 37.6 Å². The Morgan fingerprint density at radius 1 is 1.21 bits per heavy atom. The van der Waals surface area contributed by atoms with Crippen molar-refractivity contribution in [3.63, 3.8) is 0 Å². The summed E-state index contributed by atoms with van der Waals surface area (Å²) in [4.78, 5) is 39.8. The second kappa shape index (κ2) is 6.84. The molecule has 34 heavy (non-hydrogen) atoms. The first-order valence-corrected chi connectivity index (χ1v) is 12.3. The first-order valence-electron chi connectivity index (χ1n) is 12.3. The molecule has 182 valence electrons. The van der Waals surface area contributed by atoms with E-state index in [0.29, 0.717) is 12.8 Å². The number of ketones is 1. The van der Waals surface area contributed by atoms with Gasteiger partial charge in [-0.2, -0.15) is 0 Å². The van der Waals surface area contributed by atoms with E-state index in [9.17, 15) is 14.4 Å². The number of hydrogen-bond donors (Lipinski definition) is 0. The molecule has 0 spiro atoms. The highest BCUT2D eigenvalue weighted by Gasteiger charge is 2.78. The van der Waals surface area contributed by atoms with Crippen LogP contribution in [0.4, 0.5) is 0 Å². The van der Waals surface area contributed by atoms with Gasteiger partial charge in [0, 0.05) is 29.1 Å². The lowest BCUT2D eigenvalue weighted by Gasteiger charge is -2.60. The van der Waals surface area contributed by atoms with Crippen molar-refractivity contribution in [2.45, 2.75) is 77.6 Å². The Hall–Kier alpha value is -2.41. The van der Waals surface area contributed by atoms with Gasteiger partial charge in [-0.3, -0.25) is 14.4 Å². The summed E-state index contributed by atoms with van der Waals surface area (Å²) >= 11 is 0. The summed E-state index contributed by atoms with van der Waals surface area (Å²) in [6.07, 6.45) is 4.04. The monoisotopic (exact) mass is 468 g/mol. The molecule has 2 unspecified atom stereocenters. The second-order valence-electron chi connectivity index (χ2n) is 11.6. The summed E-state index contributed by atoms with van der Waals surface area (Å²) in [6, 6.07) is 1.98. The number of fused-ring (bicyclic) bond motifs is 4. The topological polar surface area (TPSA) is 92.0 Å². The molecule has 0 N–H and O–H groups in total. The second-order valence-corrected chi connectivity index (χ2v) is 11.6. The predicted octanol–water partition coefficient (Wildman–Crippen LogP) is 3.97. The number of rotatable bonds is 3. The fourth-order valence-electron chi connectivity index (χ4n) is 8.82. The molecule has 1 aromatic heterocycles. The number of ether oxygens (including phenoxy) is 3. The molecule has 2 saturated heterocycles. The number of esters is 2. The number of allylic oxidation sites excluding steroid dienone is 1. The van der Waals surface area contributed by atoms with Crippen molar-refractivity contribution in [3.05, 3.63) is 35.3 Å². The van der Waals surface area contributed by atoms with Crippen LogP contribution >= 0.6 is 0 Å². The van der Waals surface area contributed by atoms with E-state index in [2.05, 4.69) is 13.8 Å². The number of furan rings is 1. The van der Waals surface area contributed by atoms with E-state index in [1.165, 1.54) is 12.7 Å². The van der Waals surface area contributed by atoms with E-state index in [0.717, 1.165) is 17.6 Å². The number of carbonyl (C=O) groups excluding carboxylic acids is 3. The van der Waals surface area contributed by atoms with E-state index in [1.807, 2.05) is 19.9 Å². The smallest absolute Gasteiger partial charge is 0.312 e. The van der Waals surface area contributed by atoms with Crippen LogP contribution in [-0.4, -0.2) is 43.1 Å². The van der Waals surface area contributed by atoms with Crippen molar-refractivity contribution < 1.29 is 33.0 Å². The van der Waals surface area contributed by atoms with Crippen LogP contribution in [0.2, 0.25) is 0 Å². The van der Waals surface area contributed by atoms with Crippen LogP contribution in [0, 0.1) is 28.1 Å². The van der Waals surface area contributed by atoms with Crippen LogP contribution in [-0.2, 0) is 28.6 Å². The fraction of sp³-hybridized carbons (Fsp3) is 0.667. The number of Topliss-reactive ketones (excluding diaryl/α,β-unsaturated/α-hetero) is 1. The predicted molar refractivity (Wildman–Crippen MR) is 119 cm³/mol. The molecule has 2 saturated carbocycles. The zero-order valence-corrected chi connectivity index (χ0v) is 20.4. The van der Waals surface area contributed by atoms with Crippen LogP contribution in [0.25, 0.3) is 0 Å². The average Bonchev–Trinajstić information content (AvgIpc) is 3.54. The minimum absolute atomic E-state index is 0.0997. The molecule has 9 atom stereocenters. The number of carbonyl (C=O) groups is 3. The summed E-state index contributed by atoms with van der Waals surface area (Å²) in [6.45, 7) is 8.14. The van der Waals surface area contributed by atoms with Gasteiger partial charge in [-0.05, 0) is 49.8 Å². The van der Waals surface area contributed by atoms with Gasteiger partial charge in [-0.25, -0.2) is 0 Å². The van der Waals surface area contributed by atoms with Gasteiger partial charge in [-0.15, -0.1) is 0 Å². The Bertz CT molecular complexity index is 1120. The summed E-state index contributed by atoms with van der Waals surface area (Å²) < 4.78 is 23.3. The first-order chi connectivity index (χ1) is 16.1. The highest BCUT2D eigenvalue weighted by atomic mass is 16.6. The molecule has 3 heterocycles. The minimum atomic E-state index is -0.900. The van der Waals surface area contributed by atoms with Crippen molar-refractivity contribution in [1.29, 1.82) is 0 Å². The third-order valence-corrected chi connectivity index (χ3v) is 10.3. The molecule has 7 heteroatoms. The summed E-state index contributed by atoms with van der Waals surface area (Å²) in [5.74, 6) is -1.02.